The average molecular weight is 292 g/mol. The first-order valence-corrected chi connectivity index (χ1v) is 7.68. The second kappa shape index (κ2) is 9.40. The third kappa shape index (κ3) is 7.71. The summed E-state index contributed by atoms with van der Waals surface area (Å²) in [7, 11) is 0. The fourth-order valence-corrected chi connectivity index (χ4v) is 2.30. The molecule has 0 radical (unpaired) electrons. The Hall–Kier alpha value is -1.55. The van der Waals surface area contributed by atoms with E-state index in [0.29, 0.717) is 25.0 Å². The minimum Gasteiger partial charge on any atom is -0.445 e. The number of benzene rings is 1. The van der Waals surface area contributed by atoms with Gasteiger partial charge in [-0.3, -0.25) is 0 Å². The maximum Gasteiger partial charge on any atom is 0.407 e. The van der Waals surface area contributed by atoms with Crippen molar-refractivity contribution in [2.24, 2.45) is 17.6 Å². The van der Waals surface area contributed by atoms with Crippen molar-refractivity contribution in [3.63, 3.8) is 0 Å². The molecule has 0 aromatic heterocycles. The maximum absolute atomic E-state index is 11.9. The summed E-state index contributed by atoms with van der Waals surface area (Å²) in [6.45, 7) is 7.33. The van der Waals surface area contributed by atoms with Gasteiger partial charge >= 0.3 is 6.09 Å². The smallest absolute Gasteiger partial charge is 0.407 e. The van der Waals surface area contributed by atoms with Crippen molar-refractivity contribution in [3.8, 4) is 0 Å². The van der Waals surface area contributed by atoms with Gasteiger partial charge in [-0.25, -0.2) is 4.79 Å². The monoisotopic (exact) mass is 292 g/mol. The molecule has 4 heteroatoms. The number of rotatable bonds is 8. The van der Waals surface area contributed by atoms with Crippen molar-refractivity contribution in [2.75, 3.05) is 6.54 Å². The fourth-order valence-electron chi connectivity index (χ4n) is 2.30. The Morgan fingerprint density at radius 2 is 1.86 bits per heavy atom. The number of alkyl carbamates (subject to hydrolysis) is 1. The van der Waals surface area contributed by atoms with Gasteiger partial charge in [0, 0.05) is 6.04 Å². The molecule has 0 saturated carbocycles. The predicted molar refractivity (Wildman–Crippen MR) is 85.8 cm³/mol. The van der Waals surface area contributed by atoms with Crippen LogP contribution in [0.4, 0.5) is 4.79 Å². The largest absolute Gasteiger partial charge is 0.445 e. The normalized spacial score (nSPS) is 13.8. The number of hydrogen-bond donors (Lipinski definition) is 2. The van der Waals surface area contributed by atoms with Crippen molar-refractivity contribution in [1.29, 1.82) is 0 Å². The second-order valence-electron chi connectivity index (χ2n) is 6.11. The predicted octanol–water partition coefficient (Wildman–Crippen LogP) is 3.31. The molecule has 2 atom stereocenters. The minimum absolute atomic E-state index is 0.117. The van der Waals surface area contributed by atoms with E-state index < -0.39 is 0 Å². The highest BCUT2D eigenvalue weighted by Crippen LogP contribution is 2.13. The number of ether oxygens (including phenoxy) is 1. The lowest BCUT2D eigenvalue weighted by Gasteiger charge is -2.23. The van der Waals surface area contributed by atoms with Crippen LogP contribution in [-0.4, -0.2) is 18.7 Å². The van der Waals surface area contributed by atoms with Gasteiger partial charge in [0.15, 0.2) is 0 Å². The third-order valence-electron chi connectivity index (χ3n) is 3.38. The zero-order valence-corrected chi connectivity index (χ0v) is 13.3. The van der Waals surface area contributed by atoms with Crippen molar-refractivity contribution in [1.82, 2.24) is 5.32 Å². The van der Waals surface area contributed by atoms with Gasteiger partial charge in [0.1, 0.15) is 6.61 Å². The summed E-state index contributed by atoms with van der Waals surface area (Å²) in [5, 5.41) is 2.97. The molecule has 1 amide bonds. The van der Waals surface area contributed by atoms with E-state index in [-0.39, 0.29) is 12.1 Å². The summed E-state index contributed by atoms with van der Waals surface area (Å²) in [6.07, 6.45) is 1.47. The van der Waals surface area contributed by atoms with Crippen molar-refractivity contribution >= 4 is 6.09 Å². The van der Waals surface area contributed by atoms with Crippen molar-refractivity contribution < 1.29 is 9.53 Å². The lowest BCUT2D eigenvalue weighted by atomic mass is 9.95. The first-order valence-electron chi connectivity index (χ1n) is 7.68. The number of nitrogens with one attached hydrogen (secondary N) is 1. The SMILES string of the molecule is CC(C)CC(CC(C)CN)NC(=O)OCc1ccccc1. The van der Waals surface area contributed by atoms with E-state index in [1.807, 2.05) is 30.3 Å². The lowest BCUT2D eigenvalue weighted by molar-refractivity contribution is 0.132. The highest BCUT2D eigenvalue weighted by Gasteiger charge is 2.17. The van der Waals surface area contributed by atoms with Crippen LogP contribution < -0.4 is 11.1 Å². The molecule has 1 aromatic rings. The van der Waals surface area contributed by atoms with E-state index in [4.69, 9.17) is 10.5 Å². The number of nitrogens with two attached hydrogens (primary N) is 1. The summed E-state index contributed by atoms with van der Waals surface area (Å²) < 4.78 is 5.27. The Bertz CT molecular complexity index is 407. The first kappa shape index (κ1) is 17.5. The Kier molecular flexibility index (Phi) is 7.83. The maximum atomic E-state index is 11.9. The molecule has 1 rings (SSSR count). The van der Waals surface area contributed by atoms with Gasteiger partial charge in [-0.2, -0.15) is 0 Å². The van der Waals surface area contributed by atoms with Crippen LogP contribution in [-0.2, 0) is 11.3 Å². The van der Waals surface area contributed by atoms with Crippen LogP contribution >= 0.6 is 0 Å². The molecule has 0 aliphatic heterocycles. The molecular formula is C17H28N2O2. The van der Waals surface area contributed by atoms with Gasteiger partial charge in [-0.15, -0.1) is 0 Å². The Balaban J connectivity index is 2.43. The van der Waals surface area contributed by atoms with E-state index in [0.717, 1.165) is 18.4 Å². The molecule has 3 N–H and O–H groups in total. The Morgan fingerprint density at radius 3 is 2.43 bits per heavy atom. The number of hydrogen-bond acceptors (Lipinski definition) is 3. The van der Waals surface area contributed by atoms with Gasteiger partial charge in [0.05, 0.1) is 0 Å². The molecule has 0 saturated heterocycles. The van der Waals surface area contributed by atoms with E-state index in [1.54, 1.807) is 0 Å². The molecule has 4 nitrogen and oxygen atoms in total. The summed E-state index contributed by atoms with van der Waals surface area (Å²) in [4.78, 5) is 11.9. The van der Waals surface area contributed by atoms with E-state index in [1.165, 1.54) is 0 Å². The zero-order chi connectivity index (χ0) is 15.7. The van der Waals surface area contributed by atoms with Gasteiger partial charge < -0.3 is 15.8 Å². The van der Waals surface area contributed by atoms with Crippen molar-refractivity contribution in [2.45, 2.75) is 46.3 Å². The zero-order valence-electron chi connectivity index (χ0n) is 13.3. The summed E-state index contributed by atoms with van der Waals surface area (Å²) in [6, 6.07) is 9.80. The van der Waals surface area contributed by atoms with Gasteiger partial charge in [-0.1, -0.05) is 51.1 Å². The van der Waals surface area contributed by atoms with Crippen LogP contribution in [0.5, 0.6) is 0 Å². The van der Waals surface area contributed by atoms with Gasteiger partial charge in [0.2, 0.25) is 0 Å². The number of carbonyl (C=O) groups is 1. The summed E-state index contributed by atoms with van der Waals surface area (Å²) in [5.41, 5.74) is 6.66. The second-order valence-corrected chi connectivity index (χ2v) is 6.11. The average Bonchev–Trinajstić information content (AvgIpc) is 2.45. The molecule has 0 aliphatic carbocycles. The van der Waals surface area contributed by atoms with Gasteiger partial charge in [0.25, 0.3) is 0 Å². The number of amides is 1. The third-order valence-corrected chi connectivity index (χ3v) is 3.38. The minimum atomic E-state index is -0.353. The highest BCUT2D eigenvalue weighted by atomic mass is 16.5. The fraction of sp³-hybridized carbons (Fsp3) is 0.588. The lowest BCUT2D eigenvalue weighted by Crippen LogP contribution is -2.38. The van der Waals surface area contributed by atoms with Crippen LogP contribution in [0.15, 0.2) is 30.3 Å². The molecule has 0 heterocycles. The van der Waals surface area contributed by atoms with Crippen LogP contribution in [0.1, 0.15) is 39.2 Å². The molecule has 0 spiro atoms. The van der Waals surface area contributed by atoms with Crippen LogP contribution in [0.2, 0.25) is 0 Å². The van der Waals surface area contributed by atoms with E-state index in [2.05, 4.69) is 26.1 Å². The molecule has 118 valence electrons. The summed E-state index contributed by atoms with van der Waals surface area (Å²) >= 11 is 0. The quantitative estimate of drug-likeness (QED) is 0.772. The Morgan fingerprint density at radius 1 is 1.19 bits per heavy atom. The molecule has 1 aromatic carbocycles. The topological polar surface area (TPSA) is 64.3 Å². The first-order chi connectivity index (χ1) is 10.0. The molecule has 21 heavy (non-hydrogen) atoms. The molecule has 2 unspecified atom stereocenters. The van der Waals surface area contributed by atoms with Crippen LogP contribution in [0, 0.1) is 11.8 Å². The highest BCUT2D eigenvalue weighted by molar-refractivity contribution is 5.67. The van der Waals surface area contributed by atoms with E-state index in [9.17, 15) is 4.79 Å². The van der Waals surface area contributed by atoms with E-state index >= 15 is 0 Å². The molecule has 0 aliphatic rings. The standard InChI is InChI=1S/C17H28N2O2/c1-13(2)9-16(10-14(3)11-18)19-17(20)21-12-15-7-5-4-6-8-15/h4-8,13-14,16H,9-12,18H2,1-3H3,(H,19,20). The van der Waals surface area contributed by atoms with Crippen LogP contribution in [0.25, 0.3) is 0 Å². The Labute approximate surface area is 128 Å². The van der Waals surface area contributed by atoms with Gasteiger partial charge in [-0.05, 0) is 36.8 Å². The van der Waals surface area contributed by atoms with Crippen molar-refractivity contribution in [3.05, 3.63) is 35.9 Å². The number of carbonyl (C=O) groups excluding carboxylic acids is 1. The van der Waals surface area contributed by atoms with Crippen LogP contribution in [0.3, 0.4) is 0 Å². The summed E-state index contributed by atoms with van der Waals surface area (Å²) in [5.74, 6) is 0.914. The molecule has 0 fully saturated rings. The molecular weight excluding hydrogens is 264 g/mol. The molecule has 0 bridgehead atoms.